The van der Waals surface area contributed by atoms with Crippen LogP contribution in [0.15, 0.2) is 18.2 Å². The summed E-state index contributed by atoms with van der Waals surface area (Å²) in [7, 11) is 0. The van der Waals surface area contributed by atoms with Crippen molar-refractivity contribution in [1.82, 2.24) is 9.88 Å². The molecule has 0 saturated carbocycles. The summed E-state index contributed by atoms with van der Waals surface area (Å²) in [6.45, 7) is 3.60. The molecule has 1 aliphatic heterocycles. The Morgan fingerprint density at radius 2 is 2.21 bits per heavy atom. The zero-order valence-corrected chi connectivity index (χ0v) is 10.8. The summed E-state index contributed by atoms with van der Waals surface area (Å²) in [5.41, 5.74) is 0.266. The minimum Gasteiger partial charge on any atom is -0.358 e. The highest BCUT2D eigenvalue weighted by Gasteiger charge is 2.39. The van der Waals surface area contributed by atoms with Crippen molar-refractivity contribution >= 4 is 17.6 Å². The summed E-state index contributed by atoms with van der Waals surface area (Å²) in [6.07, 6.45) is 0.121. The van der Waals surface area contributed by atoms with Crippen LogP contribution in [0.1, 0.15) is 26.0 Å². The van der Waals surface area contributed by atoms with Gasteiger partial charge in [0.15, 0.2) is 0 Å². The van der Waals surface area contributed by atoms with Gasteiger partial charge in [-0.3, -0.25) is 14.5 Å². The molecule has 0 radical (unpaired) electrons. The third kappa shape index (κ3) is 2.55. The molecule has 19 heavy (non-hydrogen) atoms. The molecule has 2 amide bonds. The predicted octanol–water partition coefficient (Wildman–Crippen LogP) is 0.901. The van der Waals surface area contributed by atoms with E-state index in [1.54, 1.807) is 32.0 Å². The first-order valence-electron chi connectivity index (χ1n) is 6.02. The molecular formula is C13H14N4O2. The Morgan fingerprint density at radius 3 is 2.79 bits per heavy atom. The van der Waals surface area contributed by atoms with Gasteiger partial charge in [-0.1, -0.05) is 6.07 Å². The standard InChI is InChI=1S/C13H14N4O2/c1-8(2)17-12(18)6-10(13(17)19)16-11-5-3-4-9(7-14)15-11/h3-5,8,10H,6H2,1-2H3,(H,15,16). The van der Waals surface area contributed by atoms with E-state index in [0.29, 0.717) is 5.82 Å². The van der Waals surface area contributed by atoms with Crippen molar-refractivity contribution in [2.75, 3.05) is 5.32 Å². The summed E-state index contributed by atoms with van der Waals surface area (Å²) >= 11 is 0. The number of carbonyl (C=O) groups excluding carboxylic acids is 2. The zero-order chi connectivity index (χ0) is 14.0. The van der Waals surface area contributed by atoms with E-state index in [1.165, 1.54) is 4.90 Å². The Morgan fingerprint density at radius 1 is 1.47 bits per heavy atom. The molecule has 0 aromatic carbocycles. The number of anilines is 1. The van der Waals surface area contributed by atoms with E-state index in [1.807, 2.05) is 6.07 Å². The fourth-order valence-electron chi connectivity index (χ4n) is 2.06. The van der Waals surface area contributed by atoms with Gasteiger partial charge in [-0.25, -0.2) is 4.98 Å². The van der Waals surface area contributed by atoms with Crippen LogP contribution in [-0.4, -0.2) is 33.8 Å². The summed E-state index contributed by atoms with van der Waals surface area (Å²) in [6, 6.07) is 6.09. The highest BCUT2D eigenvalue weighted by molar-refractivity contribution is 6.07. The lowest BCUT2D eigenvalue weighted by Gasteiger charge is -2.19. The number of hydrogen-bond donors (Lipinski definition) is 1. The molecule has 2 heterocycles. The number of hydrogen-bond acceptors (Lipinski definition) is 5. The highest BCUT2D eigenvalue weighted by atomic mass is 16.2. The molecule has 1 fully saturated rings. The van der Waals surface area contributed by atoms with Gasteiger partial charge in [0, 0.05) is 6.04 Å². The van der Waals surface area contributed by atoms with Crippen LogP contribution in [0, 0.1) is 11.3 Å². The van der Waals surface area contributed by atoms with Crippen LogP contribution in [-0.2, 0) is 9.59 Å². The molecule has 1 unspecified atom stereocenters. The van der Waals surface area contributed by atoms with Gasteiger partial charge in [-0.05, 0) is 26.0 Å². The summed E-state index contributed by atoms with van der Waals surface area (Å²) in [4.78, 5) is 29.1. The molecule has 0 aliphatic carbocycles. The number of imide groups is 1. The number of pyridine rings is 1. The van der Waals surface area contributed by atoms with Crippen LogP contribution in [0.4, 0.5) is 5.82 Å². The van der Waals surface area contributed by atoms with Gasteiger partial charge in [-0.15, -0.1) is 0 Å². The first-order chi connectivity index (χ1) is 9.02. The monoisotopic (exact) mass is 258 g/mol. The van der Waals surface area contributed by atoms with E-state index in [0.717, 1.165) is 0 Å². The Kier molecular flexibility index (Phi) is 3.47. The molecular weight excluding hydrogens is 244 g/mol. The van der Waals surface area contributed by atoms with Crippen LogP contribution < -0.4 is 5.32 Å². The van der Waals surface area contributed by atoms with Crippen molar-refractivity contribution in [2.24, 2.45) is 0 Å². The second-order valence-corrected chi connectivity index (χ2v) is 4.62. The van der Waals surface area contributed by atoms with E-state index in [4.69, 9.17) is 5.26 Å². The smallest absolute Gasteiger partial charge is 0.252 e. The summed E-state index contributed by atoms with van der Waals surface area (Å²) in [5, 5.41) is 11.7. The quantitative estimate of drug-likeness (QED) is 0.814. The lowest BCUT2D eigenvalue weighted by molar-refractivity contribution is -0.140. The number of aromatic nitrogens is 1. The Balaban J connectivity index is 2.14. The largest absolute Gasteiger partial charge is 0.358 e. The maximum absolute atomic E-state index is 12.1. The van der Waals surface area contributed by atoms with Crippen molar-refractivity contribution in [3.8, 4) is 6.07 Å². The van der Waals surface area contributed by atoms with Crippen LogP contribution in [0.5, 0.6) is 0 Å². The molecule has 6 heteroatoms. The van der Waals surface area contributed by atoms with Crippen LogP contribution in [0.2, 0.25) is 0 Å². The van der Waals surface area contributed by atoms with Crippen LogP contribution >= 0.6 is 0 Å². The van der Waals surface area contributed by atoms with Crippen LogP contribution in [0.25, 0.3) is 0 Å². The third-order valence-corrected chi connectivity index (χ3v) is 2.89. The van der Waals surface area contributed by atoms with Crippen molar-refractivity contribution in [3.63, 3.8) is 0 Å². The fourth-order valence-corrected chi connectivity index (χ4v) is 2.06. The Bertz CT molecular complexity index is 562. The highest BCUT2D eigenvalue weighted by Crippen LogP contribution is 2.19. The summed E-state index contributed by atoms with van der Waals surface area (Å²) < 4.78 is 0. The number of likely N-dealkylation sites (tertiary alicyclic amines) is 1. The summed E-state index contributed by atoms with van der Waals surface area (Å²) in [5.74, 6) is -0.00564. The second-order valence-electron chi connectivity index (χ2n) is 4.62. The van der Waals surface area contributed by atoms with Crippen molar-refractivity contribution < 1.29 is 9.59 Å². The number of carbonyl (C=O) groups is 2. The zero-order valence-electron chi connectivity index (χ0n) is 10.8. The topological polar surface area (TPSA) is 86.1 Å². The van der Waals surface area contributed by atoms with E-state index in [9.17, 15) is 9.59 Å². The second kappa shape index (κ2) is 5.06. The van der Waals surface area contributed by atoms with Gasteiger partial charge in [0.2, 0.25) is 5.91 Å². The van der Waals surface area contributed by atoms with E-state index < -0.39 is 6.04 Å². The maximum Gasteiger partial charge on any atom is 0.252 e. The fraction of sp³-hybridized carbons (Fsp3) is 0.385. The number of rotatable bonds is 3. The van der Waals surface area contributed by atoms with Crippen molar-refractivity contribution in [1.29, 1.82) is 5.26 Å². The van der Waals surface area contributed by atoms with E-state index in [-0.39, 0.29) is 30.0 Å². The molecule has 1 aromatic heterocycles. The number of amides is 2. The predicted molar refractivity (Wildman–Crippen MR) is 68.0 cm³/mol. The van der Waals surface area contributed by atoms with E-state index >= 15 is 0 Å². The van der Waals surface area contributed by atoms with Gasteiger partial charge in [-0.2, -0.15) is 5.26 Å². The molecule has 98 valence electrons. The van der Waals surface area contributed by atoms with Crippen molar-refractivity contribution in [3.05, 3.63) is 23.9 Å². The first-order valence-corrected chi connectivity index (χ1v) is 6.02. The lowest BCUT2D eigenvalue weighted by Crippen LogP contribution is -2.39. The van der Waals surface area contributed by atoms with Gasteiger partial charge >= 0.3 is 0 Å². The van der Waals surface area contributed by atoms with Gasteiger partial charge in [0.1, 0.15) is 23.6 Å². The third-order valence-electron chi connectivity index (χ3n) is 2.89. The molecule has 1 aromatic rings. The molecule has 6 nitrogen and oxygen atoms in total. The van der Waals surface area contributed by atoms with E-state index in [2.05, 4.69) is 10.3 Å². The molecule has 1 saturated heterocycles. The lowest BCUT2D eigenvalue weighted by atomic mass is 10.2. The molecule has 2 rings (SSSR count). The first kappa shape index (κ1) is 13.0. The number of nitriles is 1. The van der Waals surface area contributed by atoms with Crippen molar-refractivity contribution in [2.45, 2.75) is 32.4 Å². The molecule has 1 atom stereocenters. The number of nitrogens with zero attached hydrogens (tertiary/aromatic N) is 3. The Labute approximate surface area is 111 Å². The average Bonchev–Trinajstić information content (AvgIpc) is 2.64. The SMILES string of the molecule is CC(C)N1C(=O)CC(Nc2cccc(C#N)n2)C1=O. The average molecular weight is 258 g/mol. The van der Waals surface area contributed by atoms with Gasteiger partial charge in [0.05, 0.1) is 6.42 Å². The molecule has 1 N–H and O–H groups in total. The minimum atomic E-state index is -0.601. The number of nitrogens with one attached hydrogen (secondary N) is 1. The molecule has 0 bridgehead atoms. The normalized spacial score (nSPS) is 18.8. The Hall–Kier alpha value is -2.42. The van der Waals surface area contributed by atoms with Crippen LogP contribution in [0.3, 0.4) is 0 Å². The van der Waals surface area contributed by atoms with Gasteiger partial charge < -0.3 is 5.32 Å². The maximum atomic E-state index is 12.1. The van der Waals surface area contributed by atoms with Gasteiger partial charge in [0.25, 0.3) is 5.91 Å². The molecule has 1 aliphatic rings. The molecule has 0 spiro atoms. The minimum absolute atomic E-state index is 0.121.